The Hall–Kier alpha value is -1.72. The highest BCUT2D eigenvalue weighted by Crippen LogP contribution is 2.35. The molecular weight excluding hydrogens is 361 g/mol. The lowest BCUT2D eigenvalue weighted by atomic mass is 9.92. The van der Waals surface area contributed by atoms with Gasteiger partial charge in [-0.3, -0.25) is 9.89 Å². The molecule has 1 aliphatic heterocycles. The molecule has 5 nitrogen and oxygen atoms in total. The summed E-state index contributed by atoms with van der Waals surface area (Å²) >= 11 is 12.4. The number of carbonyl (C=O) groups is 1. The first kappa shape index (κ1) is 16.7. The van der Waals surface area contributed by atoms with Crippen LogP contribution < -0.4 is 0 Å². The summed E-state index contributed by atoms with van der Waals surface area (Å²) in [6.45, 7) is 0.769. The fourth-order valence-corrected chi connectivity index (χ4v) is 4.63. The zero-order valence-corrected chi connectivity index (χ0v) is 15.1. The van der Waals surface area contributed by atoms with E-state index in [9.17, 15) is 9.90 Å². The van der Waals surface area contributed by atoms with Crippen LogP contribution in [0.3, 0.4) is 0 Å². The summed E-state index contributed by atoms with van der Waals surface area (Å²) in [6.07, 6.45) is 5.98. The summed E-state index contributed by atoms with van der Waals surface area (Å²) in [6, 6.07) is 3.18. The van der Waals surface area contributed by atoms with Gasteiger partial charge in [-0.1, -0.05) is 23.2 Å². The van der Waals surface area contributed by atoms with Crippen LogP contribution in [0.1, 0.15) is 29.7 Å². The molecule has 1 aliphatic carbocycles. The summed E-state index contributed by atoms with van der Waals surface area (Å²) in [5, 5.41) is 17.5. The van der Waals surface area contributed by atoms with Crippen LogP contribution in [-0.4, -0.2) is 38.7 Å². The van der Waals surface area contributed by atoms with Crippen LogP contribution in [0, 0.1) is 5.92 Å². The number of amides is 1. The summed E-state index contributed by atoms with van der Waals surface area (Å²) in [5.74, 6) is 0.103. The van der Waals surface area contributed by atoms with Crippen LogP contribution in [-0.2, 0) is 24.1 Å². The summed E-state index contributed by atoms with van der Waals surface area (Å²) in [5.41, 5.74) is 3.15. The van der Waals surface area contributed by atoms with Crippen LogP contribution in [0.5, 0.6) is 5.75 Å². The third kappa shape index (κ3) is 3.11. The molecule has 0 radical (unpaired) electrons. The number of benzene rings is 1. The maximum Gasteiger partial charge on any atom is 0.226 e. The summed E-state index contributed by atoms with van der Waals surface area (Å²) in [7, 11) is 0. The molecule has 1 fully saturated rings. The smallest absolute Gasteiger partial charge is 0.226 e. The van der Waals surface area contributed by atoms with Crippen molar-refractivity contribution in [1.29, 1.82) is 0 Å². The normalized spacial score (nSPS) is 23.1. The second kappa shape index (κ2) is 6.54. The van der Waals surface area contributed by atoms with E-state index >= 15 is 0 Å². The van der Waals surface area contributed by atoms with Crippen LogP contribution >= 0.6 is 23.2 Å². The largest absolute Gasteiger partial charge is 0.508 e. The minimum atomic E-state index is -0.109. The number of aromatic hydroxyl groups is 1. The number of nitrogens with one attached hydrogen (secondary N) is 1. The molecule has 1 amide bonds. The first-order valence-corrected chi connectivity index (χ1v) is 9.27. The topological polar surface area (TPSA) is 69.2 Å². The lowest BCUT2D eigenvalue weighted by molar-refractivity contribution is -0.133. The van der Waals surface area contributed by atoms with E-state index in [-0.39, 0.29) is 23.6 Å². The molecule has 4 rings (SSSR count). The minimum Gasteiger partial charge on any atom is -0.508 e. The first-order chi connectivity index (χ1) is 12.0. The SMILES string of the molecule is O=C1C(Cc2c(Cl)cc(O)cc2Cl)CCN1[C@@H]1CCc2cn[nH]c2C1. The Labute approximate surface area is 155 Å². The van der Waals surface area contributed by atoms with E-state index < -0.39 is 0 Å². The Balaban J connectivity index is 1.47. The van der Waals surface area contributed by atoms with Gasteiger partial charge in [0.15, 0.2) is 0 Å². The monoisotopic (exact) mass is 379 g/mol. The Bertz CT molecular complexity index is 797. The van der Waals surface area contributed by atoms with E-state index in [1.54, 1.807) is 0 Å². The van der Waals surface area contributed by atoms with Crippen molar-refractivity contribution >= 4 is 29.1 Å². The molecule has 0 spiro atoms. The van der Waals surface area contributed by atoms with E-state index in [2.05, 4.69) is 10.2 Å². The lowest BCUT2D eigenvalue weighted by Gasteiger charge is -2.31. The van der Waals surface area contributed by atoms with Gasteiger partial charge in [-0.05, 0) is 48.9 Å². The second-order valence-corrected chi connectivity index (χ2v) is 7.69. The number of nitrogens with zero attached hydrogens (tertiary/aromatic N) is 2. The number of phenols is 1. The van der Waals surface area contributed by atoms with Crippen LogP contribution in [0.2, 0.25) is 10.0 Å². The van der Waals surface area contributed by atoms with Gasteiger partial charge < -0.3 is 10.0 Å². The minimum absolute atomic E-state index is 0.0377. The van der Waals surface area contributed by atoms with Crippen molar-refractivity contribution < 1.29 is 9.90 Å². The van der Waals surface area contributed by atoms with Gasteiger partial charge in [0, 0.05) is 40.7 Å². The number of rotatable bonds is 3. The summed E-state index contributed by atoms with van der Waals surface area (Å²) < 4.78 is 0. The third-order valence-corrected chi connectivity index (χ3v) is 6.04. The van der Waals surface area contributed by atoms with E-state index in [1.165, 1.54) is 17.7 Å². The number of aryl methyl sites for hydroxylation is 1. The third-order valence-electron chi connectivity index (χ3n) is 5.36. The Morgan fingerprint density at radius 3 is 2.80 bits per heavy atom. The molecule has 7 heteroatoms. The Morgan fingerprint density at radius 2 is 2.04 bits per heavy atom. The number of hydrogen-bond donors (Lipinski definition) is 2. The maximum atomic E-state index is 12.9. The average Bonchev–Trinajstić information content (AvgIpc) is 3.17. The van der Waals surface area contributed by atoms with Crippen molar-refractivity contribution in [2.24, 2.45) is 5.92 Å². The van der Waals surface area contributed by atoms with E-state index in [1.807, 2.05) is 11.1 Å². The van der Waals surface area contributed by atoms with Crippen molar-refractivity contribution in [2.45, 2.75) is 38.1 Å². The molecule has 2 N–H and O–H groups in total. The molecule has 1 aromatic carbocycles. The number of halogens is 2. The highest BCUT2D eigenvalue weighted by atomic mass is 35.5. The van der Waals surface area contributed by atoms with Crippen molar-refractivity contribution in [1.82, 2.24) is 15.1 Å². The van der Waals surface area contributed by atoms with Gasteiger partial charge in [0.1, 0.15) is 5.75 Å². The van der Waals surface area contributed by atoms with E-state index in [4.69, 9.17) is 23.2 Å². The van der Waals surface area contributed by atoms with Gasteiger partial charge in [-0.15, -0.1) is 0 Å². The number of phenolic OH excluding ortho intramolecular Hbond substituents is 1. The predicted octanol–water partition coefficient (Wildman–Crippen LogP) is 3.37. The van der Waals surface area contributed by atoms with Crippen LogP contribution in [0.25, 0.3) is 0 Å². The maximum absolute atomic E-state index is 12.9. The molecule has 2 aliphatic rings. The fourth-order valence-electron chi connectivity index (χ4n) is 4.00. The molecule has 1 aromatic heterocycles. The van der Waals surface area contributed by atoms with Gasteiger partial charge >= 0.3 is 0 Å². The molecule has 2 aromatic rings. The highest BCUT2D eigenvalue weighted by molar-refractivity contribution is 6.36. The quantitative estimate of drug-likeness (QED) is 0.858. The molecule has 0 saturated carbocycles. The van der Waals surface area contributed by atoms with Crippen molar-refractivity contribution in [3.63, 3.8) is 0 Å². The van der Waals surface area contributed by atoms with Gasteiger partial charge in [0.25, 0.3) is 0 Å². The van der Waals surface area contributed by atoms with E-state index in [0.717, 1.165) is 43.5 Å². The molecule has 2 heterocycles. The predicted molar refractivity (Wildman–Crippen MR) is 96.1 cm³/mol. The zero-order valence-electron chi connectivity index (χ0n) is 13.6. The number of aromatic nitrogens is 2. The lowest BCUT2D eigenvalue weighted by Crippen LogP contribution is -2.41. The van der Waals surface area contributed by atoms with Crippen LogP contribution in [0.4, 0.5) is 0 Å². The van der Waals surface area contributed by atoms with Crippen molar-refractivity contribution in [2.75, 3.05) is 6.54 Å². The molecule has 25 heavy (non-hydrogen) atoms. The number of aromatic amines is 1. The number of carbonyl (C=O) groups excluding carboxylic acids is 1. The van der Waals surface area contributed by atoms with Crippen molar-refractivity contribution in [3.8, 4) is 5.75 Å². The molecule has 132 valence electrons. The Morgan fingerprint density at radius 1 is 1.28 bits per heavy atom. The average molecular weight is 380 g/mol. The molecule has 2 atom stereocenters. The summed E-state index contributed by atoms with van der Waals surface area (Å²) in [4.78, 5) is 14.9. The van der Waals surface area contributed by atoms with E-state index in [0.29, 0.717) is 16.5 Å². The Kier molecular flexibility index (Phi) is 4.38. The number of likely N-dealkylation sites (tertiary alicyclic amines) is 1. The highest BCUT2D eigenvalue weighted by Gasteiger charge is 2.37. The number of hydrogen-bond acceptors (Lipinski definition) is 3. The van der Waals surface area contributed by atoms with Gasteiger partial charge in [0.2, 0.25) is 5.91 Å². The molecule has 1 unspecified atom stereocenters. The number of H-pyrrole nitrogens is 1. The van der Waals surface area contributed by atoms with Gasteiger partial charge in [-0.25, -0.2) is 0 Å². The zero-order chi connectivity index (χ0) is 17.6. The second-order valence-electron chi connectivity index (χ2n) is 6.88. The first-order valence-electron chi connectivity index (χ1n) is 8.51. The van der Waals surface area contributed by atoms with Gasteiger partial charge in [0.05, 0.1) is 6.20 Å². The van der Waals surface area contributed by atoms with Crippen molar-refractivity contribution in [3.05, 3.63) is 45.2 Å². The fraction of sp³-hybridized carbons (Fsp3) is 0.444. The van der Waals surface area contributed by atoms with Gasteiger partial charge in [-0.2, -0.15) is 5.10 Å². The molecule has 1 saturated heterocycles. The standard InChI is InChI=1S/C18H19Cl2N3O2/c19-15-7-13(24)8-16(20)14(15)5-10-3-4-23(18(10)25)12-2-1-11-9-21-22-17(11)6-12/h7-10,12,24H,1-6H2,(H,21,22)/t10?,12-/m1/s1. The molecular formula is C18H19Cl2N3O2. The van der Waals surface area contributed by atoms with Crippen LogP contribution in [0.15, 0.2) is 18.3 Å². The number of fused-ring (bicyclic) bond motifs is 1. The molecule has 0 bridgehead atoms.